The zero-order valence-electron chi connectivity index (χ0n) is 9.11. The van der Waals surface area contributed by atoms with Crippen LogP contribution >= 0.6 is 15.9 Å². The maximum atomic E-state index is 3.75. The Morgan fingerprint density at radius 2 is 1.62 bits per heavy atom. The Hall–Kier alpha value is 0.480. The van der Waals surface area contributed by atoms with Gasteiger partial charge in [-0.2, -0.15) is 0 Å². The van der Waals surface area contributed by atoms with E-state index in [1.165, 1.54) is 50.3 Å². The third-order valence-corrected chi connectivity index (χ3v) is 5.08. The van der Waals surface area contributed by atoms with Crippen LogP contribution in [0, 0.1) is 11.3 Å². The Morgan fingerprint density at radius 1 is 1.08 bits per heavy atom. The second-order valence-electron chi connectivity index (χ2n) is 4.57. The molecule has 1 fully saturated rings. The number of rotatable bonds is 4. The zero-order chi connectivity index (χ0) is 9.73. The van der Waals surface area contributed by atoms with Gasteiger partial charge in [-0.05, 0) is 24.2 Å². The summed E-state index contributed by atoms with van der Waals surface area (Å²) in [5.41, 5.74) is 0.655. The van der Waals surface area contributed by atoms with E-state index in [2.05, 4.69) is 29.8 Å². The van der Waals surface area contributed by atoms with Crippen molar-refractivity contribution in [3.63, 3.8) is 0 Å². The van der Waals surface area contributed by atoms with Crippen molar-refractivity contribution < 1.29 is 0 Å². The fraction of sp³-hybridized carbons (Fsp3) is 1.00. The van der Waals surface area contributed by atoms with Gasteiger partial charge in [0.15, 0.2) is 0 Å². The molecule has 0 amide bonds. The van der Waals surface area contributed by atoms with E-state index >= 15 is 0 Å². The second-order valence-corrected chi connectivity index (χ2v) is 5.13. The average Bonchev–Trinajstić information content (AvgIpc) is 2.21. The van der Waals surface area contributed by atoms with E-state index in [-0.39, 0.29) is 0 Å². The van der Waals surface area contributed by atoms with E-state index in [1.807, 2.05) is 0 Å². The molecule has 13 heavy (non-hydrogen) atoms. The molecule has 0 atom stereocenters. The third-order valence-electron chi connectivity index (χ3n) is 3.97. The van der Waals surface area contributed by atoms with Crippen molar-refractivity contribution >= 4 is 15.9 Å². The normalized spacial score (nSPS) is 22.2. The van der Waals surface area contributed by atoms with E-state index in [4.69, 9.17) is 0 Å². The molecule has 1 heteroatoms. The summed E-state index contributed by atoms with van der Waals surface area (Å²) in [6, 6.07) is 0. The molecule has 0 nitrogen and oxygen atoms in total. The summed E-state index contributed by atoms with van der Waals surface area (Å²) in [4.78, 5) is 0. The van der Waals surface area contributed by atoms with Crippen molar-refractivity contribution in [2.24, 2.45) is 11.3 Å². The van der Waals surface area contributed by atoms with Crippen LogP contribution in [-0.4, -0.2) is 5.33 Å². The second kappa shape index (κ2) is 5.38. The van der Waals surface area contributed by atoms with Gasteiger partial charge in [0.2, 0.25) is 0 Å². The number of hydrogen-bond acceptors (Lipinski definition) is 0. The fourth-order valence-corrected chi connectivity index (χ4v) is 4.08. The Bertz CT molecular complexity index is 132. The van der Waals surface area contributed by atoms with E-state index in [9.17, 15) is 0 Å². The topological polar surface area (TPSA) is 0 Å². The maximum Gasteiger partial charge on any atom is 0.00906 e. The van der Waals surface area contributed by atoms with Crippen LogP contribution in [-0.2, 0) is 0 Å². The average molecular weight is 247 g/mol. The first kappa shape index (κ1) is 11.6. The largest absolute Gasteiger partial charge is 0.0922 e. The molecule has 0 aromatic heterocycles. The molecule has 0 saturated heterocycles. The van der Waals surface area contributed by atoms with Gasteiger partial charge in [-0.3, -0.25) is 0 Å². The summed E-state index contributed by atoms with van der Waals surface area (Å²) >= 11 is 3.75. The molecule has 1 rings (SSSR count). The summed E-state index contributed by atoms with van der Waals surface area (Å²) in [7, 11) is 0. The monoisotopic (exact) mass is 246 g/mol. The van der Waals surface area contributed by atoms with Gasteiger partial charge < -0.3 is 0 Å². The summed E-state index contributed by atoms with van der Waals surface area (Å²) in [5.74, 6) is 0.951. The molecule has 78 valence electrons. The number of hydrogen-bond donors (Lipinski definition) is 0. The van der Waals surface area contributed by atoms with E-state index in [1.54, 1.807) is 0 Å². The smallest absolute Gasteiger partial charge is 0.00906 e. The fourth-order valence-electron chi connectivity index (χ4n) is 3.06. The highest BCUT2D eigenvalue weighted by atomic mass is 79.9. The van der Waals surface area contributed by atoms with Gasteiger partial charge in [0.1, 0.15) is 0 Å². The molecule has 0 spiro atoms. The molecule has 0 N–H and O–H groups in total. The summed E-state index contributed by atoms with van der Waals surface area (Å²) in [6.45, 7) is 4.71. The Balaban J connectivity index is 2.64. The summed E-state index contributed by atoms with van der Waals surface area (Å²) in [5, 5.41) is 1.23. The van der Waals surface area contributed by atoms with Crippen LogP contribution in [0.1, 0.15) is 58.8 Å². The Labute approximate surface area is 91.6 Å². The van der Waals surface area contributed by atoms with Crippen molar-refractivity contribution in [2.75, 3.05) is 5.33 Å². The van der Waals surface area contributed by atoms with E-state index < -0.39 is 0 Å². The molecule has 0 aromatic rings. The quantitative estimate of drug-likeness (QED) is 0.628. The van der Waals surface area contributed by atoms with Crippen LogP contribution in [0.25, 0.3) is 0 Å². The minimum atomic E-state index is 0.655. The standard InChI is InChI=1S/C12H23Br/c1-3-11(4-2)12(10-13)8-6-5-7-9-12/h11H,3-10H2,1-2H3. The lowest BCUT2D eigenvalue weighted by Gasteiger charge is -2.42. The minimum Gasteiger partial charge on any atom is -0.0922 e. The predicted molar refractivity (Wildman–Crippen MR) is 63.4 cm³/mol. The van der Waals surface area contributed by atoms with Crippen molar-refractivity contribution in [2.45, 2.75) is 58.8 Å². The van der Waals surface area contributed by atoms with Crippen LogP contribution in [0.3, 0.4) is 0 Å². The van der Waals surface area contributed by atoms with Crippen molar-refractivity contribution in [1.82, 2.24) is 0 Å². The van der Waals surface area contributed by atoms with Crippen LogP contribution in [0.2, 0.25) is 0 Å². The Kier molecular flexibility index (Phi) is 4.78. The highest BCUT2D eigenvalue weighted by Crippen LogP contribution is 2.46. The number of halogens is 1. The first-order valence-electron chi connectivity index (χ1n) is 5.85. The molecule has 0 heterocycles. The van der Waals surface area contributed by atoms with Crippen LogP contribution in [0.15, 0.2) is 0 Å². The molecule has 0 radical (unpaired) electrons. The van der Waals surface area contributed by atoms with Gasteiger partial charge in [-0.1, -0.05) is 61.9 Å². The first-order valence-corrected chi connectivity index (χ1v) is 6.97. The lowest BCUT2D eigenvalue weighted by molar-refractivity contribution is 0.119. The SMILES string of the molecule is CCC(CC)C1(CBr)CCCCC1. The minimum absolute atomic E-state index is 0.655. The van der Waals surface area contributed by atoms with Crippen molar-refractivity contribution in [3.05, 3.63) is 0 Å². The van der Waals surface area contributed by atoms with Crippen LogP contribution in [0.5, 0.6) is 0 Å². The van der Waals surface area contributed by atoms with Gasteiger partial charge in [0, 0.05) is 5.33 Å². The molecule has 0 aromatic carbocycles. The van der Waals surface area contributed by atoms with Gasteiger partial charge in [0.05, 0.1) is 0 Å². The summed E-state index contributed by atoms with van der Waals surface area (Å²) in [6.07, 6.45) is 10.0. The highest BCUT2D eigenvalue weighted by Gasteiger charge is 2.36. The van der Waals surface area contributed by atoms with Gasteiger partial charge in [0.25, 0.3) is 0 Å². The molecular formula is C12H23Br. The lowest BCUT2D eigenvalue weighted by atomic mass is 9.65. The lowest BCUT2D eigenvalue weighted by Crippen LogP contribution is -2.34. The number of alkyl halides is 1. The van der Waals surface area contributed by atoms with E-state index in [0.29, 0.717) is 5.41 Å². The molecule has 1 aliphatic carbocycles. The molecule has 0 aliphatic heterocycles. The van der Waals surface area contributed by atoms with E-state index in [0.717, 1.165) is 5.92 Å². The molecule has 1 saturated carbocycles. The molecule has 0 bridgehead atoms. The van der Waals surface area contributed by atoms with Crippen LogP contribution < -0.4 is 0 Å². The van der Waals surface area contributed by atoms with Gasteiger partial charge in [-0.15, -0.1) is 0 Å². The van der Waals surface area contributed by atoms with Gasteiger partial charge in [-0.25, -0.2) is 0 Å². The van der Waals surface area contributed by atoms with Crippen molar-refractivity contribution in [3.8, 4) is 0 Å². The first-order chi connectivity index (χ1) is 6.29. The third kappa shape index (κ3) is 2.49. The highest BCUT2D eigenvalue weighted by molar-refractivity contribution is 9.09. The summed E-state index contributed by atoms with van der Waals surface area (Å²) < 4.78 is 0. The predicted octanol–water partition coefficient (Wildman–Crippen LogP) is 4.77. The van der Waals surface area contributed by atoms with Crippen LogP contribution in [0.4, 0.5) is 0 Å². The van der Waals surface area contributed by atoms with Gasteiger partial charge >= 0.3 is 0 Å². The molecule has 0 unspecified atom stereocenters. The maximum absolute atomic E-state index is 3.75. The molecular weight excluding hydrogens is 224 g/mol. The molecule has 1 aliphatic rings. The Morgan fingerprint density at radius 3 is 2.00 bits per heavy atom. The van der Waals surface area contributed by atoms with Crippen molar-refractivity contribution in [1.29, 1.82) is 0 Å². The zero-order valence-corrected chi connectivity index (χ0v) is 10.7.